The van der Waals surface area contributed by atoms with Gasteiger partial charge in [0.15, 0.2) is 0 Å². The van der Waals surface area contributed by atoms with Gasteiger partial charge in [-0.3, -0.25) is 4.79 Å². The van der Waals surface area contributed by atoms with Crippen molar-refractivity contribution in [2.45, 2.75) is 26.7 Å². The molecule has 0 unspecified atom stereocenters. The van der Waals surface area contributed by atoms with Gasteiger partial charge in [0, 0.05) is 12.3 Å². The molecule has 2 nitrogen and oxygen atoms in total. The van der Waals surface area contributed by atoms with E-state index in [2.05, 4.69) is 0 Å². The molecule has 0 saturated carbocycles. The fourth-order valence-electron chi connectivity index (χ4n) is 1.22. The van der Waals surface area contributed by atoms with Crippen molar-refractivity contribution in [2.75, 3.05) is 0 Å². The highest BCUT2D eigenvalue weighted by Crippen LogP contribution is 2.12. The number of hydrogen-bond acceptors (Lipinski definition) is 2. The largest absolute Gasteiger partial charge is 0.508 e. The molecule has 0 heterocycles. The van der Waals surface area contributed by atoms with Crippen LogP contribution in [0.2, 0.25) is 0 Å². The molecule has 1 rings (SSSR count). The predicted octanol–water partition coefficient (Wildman–Crippen LogP) is 2.55. The van der Waals surface area contributed by atoms with Gasteiger partial charge in [-0.25, -0.2) is 0 Å². The summed E-state index contributed by atoms with van der Waals surface area (Å²) < 4.78 is 0. The van der Waals surface area contributed by atoms with Crippen LogP contribution < -0.4 is 0 Å². The molecule has 0 radical (unpaired) electrons. The Morgan fingerprint density at radius 1 is 1.29 bits per heavy atom. The third-order valence-corrected chi connectivity index (χ3v) is 2.24. The second-order valence-corrected chi connectivity index (χ2v) is 3.79. The van der Waals surface area contributed by atoms with Crippen molar-refractivity contribution in [3.63, 3.8) is 0 Å². The van der Waals surface area contributed by atoms with E-state index in [0.29, 0.717) is 6.42 Å². The first-order valence-corrected chi connectivity index (χ1v) is 4.90. The fraction of sp³-hybridized carbons (Fsp3) is 0.417. The van der Waals surface area contributed by atoms with Gasteiger partial charge in [0.1, 0.15) is 11.5 Å². The number of Topliss-reactive ketones (excluding diaryl/α,β-unsaturated/α-hetero) is 1. The Morgan fingerprint density at radius 3 is 2.36 bits per heavy atom. The molecule has 1 N–H and O–H groups in total. The van der Waals surface area contributed by atoms with Crippen LogP contribution in [0.4, 0.5) is 0 Å². The maximum atomic E-state index is 11.3. The van der Waals surface area contributed by atoms with E-state index in [1.807, 2.05) is 26.0 Å². The molecule has 0 atom stereocenters. The molecule has 0 aliphatic heterocycles. The van der Waals surface area contributed by atoms with Crippen molar-refractivity contribution >= 4 is 5.78 Å². The highest BCUT2D eigenvalue weighted by atomic mass is 16.3. The van der Waals surface area contributed by atoms with Gasteiger partial charge in [-0.05, 0) is 24.1 Å². The highest BCUT2D eigenvalue weighted by Gasteiger charge is 2.06. The van der Waals surface area contributed by atoms with Crippen LogP contribution >= 0.6 is 0 Å². The van der Waals surface area contributed by atoms with Gasteiger partial charge >= 0.3 is 0 Å². The Kier molecular flexibility index (Phi) is 3.69. The molecule has 14 heavy (non-hydrogen) atoms. The van der Waals surface area contributed by atoms with Crippen LogP contribution in [0.25, 0.3) is 0 Å². The van der Waals surface area contributed by atoms with E-state index in [1.54, 1.807) is 12.1 Å². The van der Waals surface area contributed by atoms with E-state index in [-0.39, 0.29) is 17.5 Å². The molecule has 0 fully saturated rings. The summed E-state index contributed by atoms with van der Waals surface area (Å²) in [7, 11) is 0. The van der Waals surface area contributed by atoms with Gasteiger partial charge in [0.25, 0.3) is 0 Å². The lowest BCUT2D eigenvalue weighted by Crippen LogP contribution is -2.07. The van der Waals surface area contributed by atoms with Gasteiger partial charge < -0.3 is 5.11 Å². The van der Waals surface area contributed by atoms with Crippen molar-refractivity contribution in [1.29, 1.82) is 0 Å². The van der Waals surface area contributed by atoms with Crippen LogP contribution in [0.5, 0.6) is 5.75 Å². The highest BCUT2D eigenvalue weighted by molar-refractivity contribution is 5.80. The molecule has 0 saturated heterocycles. The Balaban J connectivity index is 2.46. The topological polar surface area (TPSA) is 37.3 Å². The zero-order valence-corrected chi connectivity index (χ0v) is 8.66. The molecule has 0 aliphatic rings. The van der Waals surface area contributed by atoms with Gasteiger partial charge in [-0.15, -0.1) is 0 Å². The minimum atomic E-state index is 0.118. The van der Waals surface area contributed by atoms with Gasteiger partial charge in [-0.1, -0.05) is 26.0 Å². The van der Waals surface area contributed by atoms with Crippen LogP contribution in [-0.4, -0.2) is 10.9 Å². The van der Waals surface area contributed by atoms with Crippen molar-refractivity contribution in [2.24, 2.45) is 5.92 Å². The van der Waals surface area contributed by atoms with E-state index in [0.717, 1.165) is 12.0 Å². The normalized spacial score (nSPS) is 10.5. The number of phenols is 1. The molecule has 76 valence electrons. The van der Waals surface area contributed by atoms with Gasteiger partial charge in [0.2, 0.25) is 0 Å². The third-order valence-electron chi connectivity index (χ3n) is 2.24. The number of carbonyl (C=O) groups is 1. The van der Waals surface area contributed by atoms with Crippen LogP contribution in [0.3, 0.4) is 0 Å². The quantitative estimate of drug-likeness (QED) is 0.796. The monoisotopic (exact) mass is 192 g/mol. The smallest absolute Gasteiger partial charge is 0.135 e. The zero-order valence-electron chi connectivity index (χ0n) is 8.66. The summed E-state index contributed by atoms with van der Waals surface area (Å²) in [5.41, 5.74) is 1.09. The summed E-state index contributed by atoms with van der Waals surface area (Å²) in [6, 6.07) is 7.00. The first-order valence-electron chi connectivity index (χ1n) is 4.90. The summed E-state index contributed by atoms with van der Waals surface area (Å²) in [5.74, 6) is 0.675. The molecule has 0 aromatic heterocycles. The number of benzene rings is 1. The summed E-state index contributed by atoms with van der Waals surface area (Å²) in [6.45, 7) is 3.83. The molecule has 0 aliphatic carbocycles. The number of hydrogen-bond donors (Lipinski definition) is 1. The summed E-state index contributed by atoms with van der Waals surface area (Å²) in [6.07, 6.45) is 1.35. The molecule has 0 bridgehead atoms. The maximum Gasteiger partial charge on any atom is 0.135 e. The Bertz CT molecular complexity index is 299. The SMILES string of the molecule is CC(C)C(=O)CCc1ccc(O)cc1. The molecule has 1 aromatic carbocycles. The van der Waals surface area contributed by atoms with Crippen molar-refractivity contribution in [3.05, 3.63) is 29.8 Å². The number of carbonyl (C=O) groups excluding carboxylic acids is 1. The number of aryl methyl sites for hydroxylation is 1. The first kappa shape index (κ1) is 10.8. The number of ketones is 1. The minimum Gasteiger partial charge on any atom is -0.508 e. The van der Waals surface area contributed by atoms with Crippen molar-refractivity contribution < 1.29 is 9.90 Å². The van der Waals surface area contributed by atoms with Crippen LogP contribution in [0.15, 0.2) is 24.3 Å². The summed E-state index contributed by atoms with van der Waals surface area (Å²) >= 11 is 0. The van der Waals surface area contributed by atoms with E-state index >= 15 is 0 Å². The van der Waals surface area contributed by atoms with Crippen LogP contribution in [0.1, 0.15) is 25.8 Å². The van der Waals surface area contributed by atoms with Gasteiger partial charge in [0.05, 0.1) is 0 Å². The Labute approximate surface area is 84.6 Å². The molecular weight excluding hydrogens is 176 g/mol. The first-order chi connectivity index (χ1) is 6.59. The summed E-state index contributed by atoms with van der Waals surface area (Å²) in [4.78, 5) is 11.3. The van der Waals surface area contributed by atoms with Crippen molar-refractivity contribution in [1.82, 2.24) is 0 Å². The second kappa shape index (κ2) is 4.80. The Hall–Kier alpha value is -1.31. The molecular formula is C12H16O2. The number of rotatable bonds is 4. The molecule has 2 heteroatoms. The lowest BCUT2D eigenvalue weighted by atomic mass is 10.0. The fourth-order valence-corrected chi connectivity index (χ4v) is 1.22. The minimum absolute atomic E-state index is 0.118. The van der Waals surface area contributed by atoms with E-state index in [1.165, 1.54) is 0 Å². The van der Waals surface area contributed by atoms with E-state index in [4.69, 9.17) is 5.11 Å². The molecule has 1 aromatic rings. The average molecular weight is 192 g/mol. The lowest BCUT2D eigenvalue weighted by molar-refractivity contribution is -0.121. The molecule has 0 spiro atoms. The standard InChI is InChI=1S/C12H16O2/c1-9(2)12(14)8-5-10-3-6-11(13)7-4-10/h3-4,6-7,9,13H,5,8H2,1-2H3. The maximum absolute atomic E-state index is 11.3. The van der Waals surface area contributed by atoms with Gasteiger partial charge in [-0.2, -0.15) is 0 Å². The van der Waals surface area contributed by atoms with E-state index < -0.39 is 0 Å². The van der Waals surface area contributed by atoms with Crippen LogP contribution in [-0.2, 0) is 11.2 Å². The summed E-state index contributed by atoms with van der Waals surface area (Å²) in [5, 5.41) is 9.06. The zero-order chi connectivity index (χ0) is 10.6. The average Bonchev–Trinajstić information content (AvgIpc) is 2.16. The lowest BCUT2D eigenvalue weighted by Gasteiger charge is -2.03. The van der Waals surface area contributed by atoms with E-state index in [9.17, 15) is 4.79 Å². The van der Waals surface area contributed by atoms with Crippen LogP contribution in [0, 0.1) is 5.92 Å². The number of aromatic hydroxyl groups is 1. The second-order valence-electron chi connectivity index (χ2n) is 3.79. The predicted molar refractivity (Wildman–Crippen MR) is 56.3 cm³/mol. The third kappa shape index (κ3) is 3.21. The number of phenolic OH excluding ortho intramolecular Hbond substituents is 1. The van der Waals surface area contributed by atoms with Crippen molar-refractivity contribution in [3.8, 4) is 5.75 Å². The molecule has 0 amide bonds. The Morgan fingerprint density at radius 2 is 1.86 bits per heavy atom.